The lowest BCUT2D eigenvalue weighted by Gasteiger charge is -2.36. The Morgan fingerprint density at radius 2 is 1.09 bits per heavy atom. The summed E-state index contributed by atoms with van der Waals surface area (Å²) in [4.78, 5) is 41.8. The maximum absolute atomic E-state index is 13.4. The molecule has 0 radical (unpaired) electrons. The van der Waals surface area contributed by atoms with E-state index in [4.69, 9.17) is 6.57 Å². The number of rotatable bonds is 6. The van der Waals surface area contributed by atoms with Crippen molar-refractivity contribution in [1.82, 2.24) is 28.9 Å². The highest BCUT2D eigenvalue weighted by Crippen LogP contribution is 2.40. The van der Waals surface area contributed by atoms with Crippen LogP contribution in [0.25, 0.3) is 27.4 Å². The van der Waals surface area contributed by atoms with Gasteiger partial charge in [-0.1, -0.05) is 67.2 Å². The summed E-state index contributed by atoms with van der Waals surface area (Å²) in [7, 11) is 0. The molecular weight excluding hydrogens is 723 g/mol. The zero-order valence-electron chi connectivity index (χ0n) is 31.6. The largest absolute Gasteiger partial charge is 0.362 e. The minimum absolute atomic E-state index is 0.0139. The highest BCUT2D eigenvalue weighted by molar-refractivity contribution is 5.79. The van der Waals surface area contributed by atoms with Crippen LogP contribution in [0.2, 0.25) is 0 Å². The van der Waals surface area contributed by atoms with Crippen molar-refractivity contribution in [1.29, 1.82) is 0 Å². The third-order valence-corrected chi connectivity index (χ3v) is 12.1. The van der Waals surface area contributed by atoms with Gasteiger partial charge in [-0.3, -0.25) is 14.2 Å². The first-order valence-corrected chi connectivity index (χ1v) is 19.9. The number of amides is 2. The Labute approximate surface area is 325 Å². The van der Waals surface area contributed by atoms with Gasteiger partial charge in [0, 0.05) is 94.3 Å². The van der Waals surface area contributed by atoms with Gasteiger partial charge in [-0.2, -0.15) is 0 Å². The molecule has 2 saturated carbocycles. The molecule has 4 aromatic rings. The monoisotopic (exact) mass is 771 g/mol. The zero-order chi connectivity index (χ0) is 39.3. The van der Waals surface area contributed by atoms with Gasteiger partial charge in [0.05, 0.1) is 23.8 Å². The molecule has 56 heavy (non-hydrogen) atoms. The Morgan fingerprint density at radius 3 is 1.57 bits per heavy atom. The van der Waals surface area contributed by atoms with Gasteiger partial charge in [0.15, 0.2) is 6.33 Å². The van der Waals surface area contributed by atoms with E-state index in [1.807, 2.05) is 81.4 Å². The number of alkyl halides is 4. The number of nitrogens with zero attached hydrogens (tertiary/aromatic N) is 7. The first kappa shape index (κ1) is 39.3. The van der Waals surface area contributed by atoms with Crippen molar-refractivity contribution in [3.63, 3.8) is 0 Å². The molecule has 2 aliphatic carbocycles. The highest BCUT2D eigenvalue weighted by Gasteiger charge is 2.41. The molecule has 0 spiro atoms. The summed E-state index contributed by atoms with van der Waals surface area (Å²) in [6.45, 7) is 10.2. The first-order chi connectivity index (χ1) is 27.0. The molecule has 296 valence electrons. The van der Waals surface area contributed by atoms with Crippen LogP contribution in [0.15, 0.2) is 79.5 Å². The maximum atomic E-state index is 13.4. The number of carbonyl (C=O) groups excluding carboxylic acids is 2. The molecule has 8 rings (SSSR count). The number of imidazole rings is 2. The van der Waals surface area contributed by atoms with Gasteiger partial charge >= 0.3 is 0 Å². The summed E-state index contributed by atoms with van der Waals surface area (Å²) in [5.74, 6) is -5.09. The number of hydrogen-bond donors (Lipinski definition) is 0. The fourth-order valence-corrected chi connectivity index (χ4v) is 8.67. The molecule has 0 unspecified atom stereocenters. The van der Waals surface area contributed by atoms with E-state index in [9.17, 15) is 27.2 Å². The fourth-order valence-electron chi connectivity index (χ4n) is 8.67. The van der Waals surface area contributed by atoms with E-state index in [1.165, 1.54) is 0 Å². The average molecular weight is 772 g/mol. The number of piperidine rings is 2. The van der Waals surface area contributed by atoms with Crippen molar-refractivity contribution in [2.45, 2.75) is 101 Å². The number of benzene rings is 2. The van der Waals surface area contributed by atoms with Crippen LogP contribution in [0.3, 0.4) is 0 Å². The summed E-state index contributed by atoms with van der Waals surface area (Å²) >= 11 is 0. The highest BCUT2D eigenvalue weighted by atomic mass is 19.3. The first-order valence-electron chi connectivity index (χ1n) is 19.9. The standard InChI is InChI=1S/C22H24F2N4O.C21H25F2N3O/c1-25-20-19(16-5-3-2-4-6-16)26-15-28(20)18-9-13-27(14-10-18)21(29)17-7-11-22(23,24)12-8-17;22-21(23)10-6-17(7-11-21)20(27)25-12-8-18(9-13-25)26-14-19(24-15-26)16-4-2-1-3-5-16/h2-6,15,17-18H,7-14H2;1-5,14-15,17-18H,6-13H2. The molecule has 4 fully saturated rings. The van der Waals surface area contributed by atoms with Gasteiger partial charge < -0.3 is 19.2 Å². The Bertz CT molecular complexity index is 1960. The molecule has 2 saturated heterocycles. The predicted molar refractivity (Wildman–Crippen MR) is 205 cm³/mol. The lowest BCUT2D eigenvalue weighted by atomic mass is 9.85. The molecule has 13 heteroatoms. The number of aromatic nitrogens is 4. The molecule has 2 aromatic heterocycles. The minimum atomic E-state index is -2.61. The normalized spacial score (nSPS) is 20.8. The molecule has 4 heterocycles. The molecule has 2 amide bonds. The third kappa shape index (κ3) is 9.17. The summed E-state index contributed by atoms with van der Waals surface area (Å²) < 4.78 is 57.4. The summed E-state index contributed by atoms with van der Waals surface area (Å²) in [5.41, 5.74) is 3.65. The molecule has 4 aliphatic rings. The summed E-state index contributed by atoms with van der Waals surface area (Å²) in [5, 5.41) is 0. The lowest BCUT2D eigenvalue weighted by Crippen LogP contribution is -2.43. The van der Waals surface area contributed by atoms with Crippen molar-refractivity contribution in [2.75, 3.05) is 26.2 Å². The van der Waals surface area contributed by atoms with Crippen LogP contribution in [0.1, 0.15) is 89.1 Å². The van der Waals surface area contributed by atoms with Gasteiger partial charge in [0.25, 0.3) is 5.82 Å². The minimum Gasteiger partial charge on any atom is -0.362 e. The van der Waals surface area contributed by atoms with E-state index in [0.717, 1.165) is 42.5 Å². The molecule has 0 bridgehead atoms. The SMILES string of the molecule is O=C(C1CCC(F)(F)CC1)N1CCC(n2cnc(-c3ccccc3)c2)CC1.[C-]#[N+]c1c(-c2ccccc2)ncn1C1CCN(C(=O)C2CCC(F)(F)CC2)CC1. The number of likely N-dealkylation sites (tertiary alicyclic amines) is 2. The van der Waals surface area contributed by atoms with E-state index in [-0.39, 0.29) is 68.2 Å². The Hall–Kier alpha value is -4.99. The van der Waals surface area contributed by atoms with Gasteiger partial charge in [0.2, 0.25) is 23.7 Å². The van der Waals surface area contributed by atoms with Gasteiger partial charge in [0.1, 0.15) is 0 Å². The predicted octanol–water partition coefficient (Wildman–Crippen LogP) is 9.63. The molecule has 2 aliphatic heterocycles. The number of halogens is 4. The topological polar surface area (TPSA) is 80.6 Å². The van der Waals surface area contributed by atoms with Crippen LogP contribution in [-0.2, 0) is 9.59 Å². The number of hydrogen-bond acceptors (Lipinski definition) is 4. The molecule has 9 nitrogen and oxygen atoms in total. The Morgan fingerprint density at radius 1 is 0.625 bits per heavy atom. The maximum Gasteiger partial charge on any atom is 0.257 e. The molecule has 0 N–H and O–H groups in total. The molecule has 2 aromatic carbocycles. The van der Waals surface area contributed by atoms with Crippen LogP contribution in [0.4, 0.5) is 23.4 Å². The van der Waals surface area contributed by atoms with Crippen molar-refractivity contribution in [3.8, 4) is 22.5 Å². The Balaban J connectivity index is 0.000000172. The van der Waals surface area contributed by atoms with Crippen molar-refractivity contribution >= 4 is 17.6 Å². The smallest absolute Gasteiger partial charge is 0.257 e. The summed E-state index contributed by atoms with van der Waals surface area (Å²) in [6.07, 6.45) is 9.37. The third-order valence-electron chi connectivity index (χ3n) is 12.1. The van der Waals surface area contributed by atoms with Gasteiger partial charge in [-0.15, -0.1) is 0 Å². The lowest BCUT2D eigenvalue weighted by molar-refractivity contribution is -0.142. The van der Waals surface area contributed by atoms with E-state index < -0.39 is 11.8 Å². The van der Waals surface area contributed by atoms with Gasteiger partial charge in [-0.25, -0.2) is 27.5 Å². The second-order valence-corrected chi connectivity index (χ2v) is 15.7. The number of carbonyl (C=O) groups is 2. The second-order valence-electron chi connectivity index (χ2n) is 15.7. The second kappa shape index (κ2) is 17.0. The van der Waals surface area contributed by atoms with Crippen LogP contribution in [0, 0.1) is 18.4 Å². The van der Waals surface area contributed by atoms with Crippen LogP contribution in [-0.4, -0.2) is 78.7 Å². The fraction of sp³-hybridized carbons (Fsp3) is 0.512. The van der Waals surface area contributed by atoms with Crippen molar-refractivity contribution < 1.29 is 27.2 Å². The quantitative estimate of drug-likeness (QED) is 0.145. The van der Waals surface area contributed by atoms with E-state index in [2.05, 4.69) is 25.6 Å². The Kier molecular flexibility index (Phi) is 11.9. The summed E-state index contributed by atoms with van der Waals surface area (Å²) in [6, 6.07) is 20.2. The van der Waals surface area contributed by atoms with Crippen LogP contribution >= 0.6 is 0 Å². The zero-order valence-corrected chi connectivity index (χ0v) is 31.6. The van der Waals surface area contributed by atoms with Crippen LogP contribution in [0.5, 0.6) is 0 Å². The van der Waals surface area contributed by atoms with Gasteiger partial charge in [-0.05, 0) is 44.1 Å². The van der Waals surface area contributed by atoms with E-state index in [1.54, 1.807) is 6.33 Å². The average Bonchev–Trinajstić information content (AvgIpc) is 3.90. The van der Waals surface area contributed by atoms with E-state index in [0.29, 0.717) is 56.6 Å². The van der Waals surface area contributed by atoms with Crippen molar-refractivity contribution in [3.05, 3.63) is 90.9 Å². The molecule has 0 atom stereocenters. The molecular formula is C43H49F4N7O2. The van der Waals surface area contributed by atoms with Crippen LogP contribution < -0.4 is 0 Å². The van der Waals surface area contributed by atoms with E-state index >= 15 is 0 Å². The van der Waals surface area contributed by atoms with Crippen molar-refractivity contribution in [2.24, 2.45) is 11.8 Å².